The molecule has 2 aromatic rings. The number of thiophene rings is 1. The Morgan fingerprint density at radius 1 is 1.50 bits per heavy atom. The zero-order valence-corrected chi connectivity index (χ0v) is 12.5. The van der Waals surface area contributed by atoms with Crippen LogP contribution in [-0.2, 0) is 4.74 Å². The number of nitrogen functional groups attached to an aromatic ring is 1. The van der Waals surface area contributed by atoms with E-state index in [1.54, 1.807) is 0 Å². The van der Waals surface area contributed by atoms with E-state index < -0.39 is 0 Å². The molecule has 1 unspecified atom stereocenters. The Morgan fingerprint density at radius 3 is 3.00 bits per heavy atom. The molecule has 2 N–H and O–H groups in total. The minimum absolute atomic E-state index is 0.0268. The van der Waals surface area contributed by atoms with Crippen molar-refractivity contribution in [3.63, 3.8) is 0 Å². The van der Waals surface area contributed by atoms with Crippen molar-refractivity contribution >= 4 is 33.0 Å². The minimum atomic E-state index is 0.0268. The Balaban J connectivity index is 2.03. The van der Waals surface area contributed by atoms with Crippen molar-refractivity contribution in [2.24, 2.45) is 0 Å². The number of morpholine rings is 1. The zero-order chi connectivity index (χ0) is 14.3. The summed E-state index contributed by atoms with van der Waals surface area (Å²) < 4.78 is 6.49. The maximum Gasteiger partial charge on any atom is 0.266 e. The van der Waals surface area contributed by atoms with Gasteiger partial charge >= 0.3 is 0 Å². The number of ether oxygens (including phenoxy) is 1. The zero-order valence-electron chi connectivity index (χ0n) is 11.7. The molecule has 1 aliphatic rings. The first-order valence-corrected chi connectivity index (χ1v) is 7.57. The molecule has 0 bridgehead atoms. The number of amides is 1. The van der Waals surface area contributed by atoms with E-state index >= 15 is 0 Å². The van der Waals surface area contributed by atoms with Crippen molar-refractivity contribution in [2.75, 3.05) is 25.5 Å². The third-order valence-corrected chi connectivity index (χ3v) is 5.12. The number of anilines is 1. The highest BCUT2D eigenvalue weighted by atomic mass is 32.1. The smallest absolute Gasteiger partial charge is 0.266 e. The summed E-state index contributed by atoms with van der Waals surface area (Å²) in [6, 6.07) is 6.10. The van der Waals surface area contributed by atoms with E-state index in [2.05, 4.69) is 0 Å². The molecule has 0 saturated carbocycles. The highest BCUT2D eigenvalue weighted by Gasteiger charge is 2.28. The van der Waals surface area contributed by atoms with Gasteiger partial charge in [-0.25, -0.2) is 0 Å². The standard InChI is InChI=1S/C15H18N2O2S/c1-9-4-3-5-11-12(16)14(20-13(9)11)15(18)17-6-7-19-8-10(17)2/h3-5,10H,6-8,16H2,1-2H3. The van der Waals surface area contributed by atoms with Crippen molar-refractivity contribution in [1.29, 1.82) is 0 Å². The lowest BCUT2D eigenvalue weighted by Gasteiger charge is -2.33. The van der Waals surface area contributed by atoms with Gasteiger partial charge in [0.25, 0.3) is 5.91 Å². The molecule has 0 spiro atoms. The van der Waals surface area contributed by atoms with Crippen LogP contribution in [0.5, 0.6) is 0 Å². The van der Waals surface area contributed by atoms with Crippen LogP contribution < -0.4 is 5.73 Å². The number of hydrogen-bond acceptors (Lipinski definition) is 4. The molecular formula is C15H18N2O2S. The Morgan fingerprint density at radius 2 is 2.30 bits per heavy atom. The van der Waals surface area contributed by atoms with Gasteiger partial charge in [0.2, 0.25) is 0 Å². The first-order chi connectivity index (χ1) is 9.59. The Labute approximate surface area is 122 Å². The van der Waals surface area contributed by atoms with Crippen LogP contribution in [0.15, 0.2) is 18.2 Å². The molecule has 4 nitrogen and oxygen atoms in total. The molecule has 0 aliphatic carbocycles. The Hall–Kier alpha value is -1.59. The monoisotopic (exact) mass is 290 g/mol. The van der Waals surface area contributed by atoms with Crippen LogP contribution in [-0.4, -0.2) is 36.6 Å². The second-order valence-electron chi connectivity index (χ2n) is 5.22. The summed E-state index contributed by atoms with van der Waals surface area (Å²) in [7, 11) is 0. The van der Waals surface area contributed by atoms with Gasteiger partial charge in [-0.15, -0.1) is 11.3 Å². The van der Waals surface area contributed by atoms with E-state index in [1.807, 2.05) is 36.9 Å². The van der Waals surface area contributed by atoms with Gasteiger partial charge in [0.15, 0.2) is 0 Å². The Bertz CT molecular complexity index is 665. The summed E-state index contributed by atoms with van der Waals surface area (Å²) in [4.78, 5) is 15.2. The quantitative estimate of drug-likeness (QED) is 0.878. The first-order valence-electron chi connectivity index (χ1n) is 6.76. The van der Waals surface area contributed by atoms with Crippen LogP contribution >= 0.6 is 11.3 Å². The third-order valence-electron chi connectivity index (χ3n) is 3.77. The normalized spacial score (nSPS) is 19.5. The van der Waals surface area contributed by atoms with Crippen LogP contribution in [0.25, 0.3) is 10.1 Å². The third kappa shape index (κ3) is 2.07. The fourth-order valence-corrected chi connectivity index (χ4v) is 3.74. The summed E-state index contributed by atoms with van der Waals surface area (Å²) in [5, 5.41) is 0.985. The number of nitrogens with two attached hydrogens (primary N) is 1. The van der Waals surface area contributed by atoms with Crippen LogP contribution in [0.4, 0.5) is 5.69 Å². The Kier molecular flexibility index (Phi) is 3.40. The average Bonchev–Trinajstić information content (AvgIpc) is 2.78. The van der Waals surface area contributed by atoms with Gasteiger partial charge in [-0.2, -0.15) is 0 Å². The molecule has 20 heavy (non-hydrogen) atoms. The SMILES string of the molecule is Cc1cccc2c(N)c(C(=O)N3CCOCC3C)sc12. The number of hydrogen-bond donors (Lipinski definition) is 1. The van der Waals surface area contributed by atoms with Gasteiger partial charge in [-0.1, -0.05) is 18.2 Å². The number of fused-ring (bicyclic) bond motifs is 1. The summed E-state index contributed by atoms with van der Waals surface area (Å²) in [5.41, 5.74) is 7.96. The predicted molar refractivity (Wildman–Crippen MR) is 82.3 cm³/mol. The minimum Gasteiger partial charge on any atom is -0.397 e. The molecule has 1 aliphatic heterocycles. The number of aryl methyl sites for hydroxylation is 1. The number of carbonyl (C=O) groups is 1. The molecule has 1 atom stereocenters. The number of nitrogens with zero attached hydrogens (tertiary/aromatic N) is 1. The van der Waals surface area contributed by atoms with Crippen molar-refractivity contribution in [3.8, 4) is 0 Å². The van der Waals surface area contributed by atoms with E-state index in [4.69, 9.17) is 10.5 Å². The maximum absolute atomic E-state index is 12.7. The highest BCUT2D eigenvalue weighted by Crippen LogP contribution is 2.36. The average molecular weight is 290 g/mol. The first kappa shape index (κ1) is 13.4. The molecule has 0 radical (unpaired) electrons. The lowest BCUT2D eigenvalue weighted by molar-refractivity contribution is 0.00392. The fourth-order valence-electron chi connectivity index (χ4n) is 2.60. The van der Waals surface area contributed by atoms with Crippen molar-refractivity contribution in [2.45, 2.75) is 19.9 Å². The summed E-state index contributed by atoms with van der Waals surface area (Å²) >= 11 is 1.50. The van der Waals surface area contributed by atoms with Crippen LogP contribution in [0.1, 0.15) is 22.2 Å². The molecule has 1 fully saturated rings. The second-order valence-corrected chi connectivity index (χ2v) is 6.24. The molecule has 3 rings (SSSR count). The molecule has 1 aromatic heterocycles. The van der Waals surface area contributed by atoms with Crippen LogP contribution in [0, 0.1) is 6.92 Å². The number of carbonyl (C=O) groups excluding carboxylic acids is 1. The second kappa shape index (κ2) is 5.07. The van der Waals surface area contributed by atoms with Crippen LogP contribution in [0.3, 0.4) is 0 Å². The number of benzene rings is 1. The van der Waals surface area contributed by atoms with Gasteiger partial charge in [-0.05, 0) is 19.4 Å². The lowest BCUT2D eigenvalue weighted by Crippen LogP contribution is -2.47. The molecule has 2 heterocycles. The van der Waals surface area contributed by atoms with E-state index in [1.165, 1.54) is 11.3 Å². The van der Waals surface area contributed by atoms with E-state index in [-0.39, 0.29) is 11.9 Å². The van der Waals surface area contributed by atoms with Crippen molar-refractivity contribution in [1.82, 2.24) is 4.90 Å². The van der Waals surface area contributed by atoms with Gasteiger partial charge in [0.05, 0.1) is 24.9 Å². The molecule has 5 heteroatoms. The van der Waals surface area contributed by atoms with E-state index in [9.17, 15) is 4.79 Å². The maximum atomic E-state index is 12.7. The number of rotatable bonds is 1. The summed E-state index contributed by atoms with van der Waals surface area (Å²) in [6.45, 7) is 5.87. The van der Waals surface area contributed by atoms with E-state index in [0.717, 1.165) is 15.6 Å². The van der Waals surface area contributed by atoms with Crippen molar-refractivity contribution < 1.29 is 9.53 Å². The predicted octanol–water partition coefficient (Wildman–Crippen LogP) is 2.65. The van der Waals surface area contributed by atoms with E-state index in [0.29, 0.717) is 30.3 Å². The van der Waals surface area contributed by atoms with Crippen molar-refractivity contribution in [3.05, 3.63) is 28.6 Å². The lowest BCUT2D eigenvalue weighted by atomic mass is 10.1. The molecule has 1 amide bonds. The molecule has 1 saturated heterocycles. The van der Waals surface area contributed by atoms with Crippen LogP contribution in [0.2, 0.25) is 0 Å². The van der Waals surface area contributed by atoms with Gasteiger partial charge in [-0.3, -0.25) is 4.79 Å². The largest absolute Gasteiger partial charge is 0.397 e. The molecular weight excluding hydrogens is 272 g/mol. The van der Waals surface area contributed by atoms with Gasteiger partial charge in [0, 0.05) is 16.6 Å². The molecule has 106 valence electrons. The fraction of sp³-hybridized carbons (Fsp3) is 0.400. The molecule has 1 aromatic carbocycles. The highest BCUT2D eigenvalue weighted by molar-refractivity contribution is 7.21. The van der Waals surface area contributed by atoms with Gasteiger partial charge < -0.3 is 15.4 Å². The van der Waals surface area contributed by atoms with Gasteiger partial charge in [0.1, 0.15) is 4.88 Å². The summed E-state index contributed by atoms with van der Waals surface area (Å²) in [6.07, 6.45) is 0. The topological polar surface area (TPSA) is 55.6 Å². The summed E-state index contributed by atoms with van der Waals surface area (Å²) in [5.74, 6) is 0.0268.